The molecule has 3 aromatic rings. The minimum absolute atomic E-state index is 0.0399. The van der Waals surface area contributed by atoms with Crippen molar-refractivity contribution in [2.45, 2.75) is 24.3 Å². The molecular weight excluding hydrogens is 458 g/mol. The molecule has 0 fully saturated rings. The van der Waals surface area contributed by atoms with E-state index in [1.54, 1.807) is 6.07 Å². The Bertz CT molecular complexity index is 1340. The zero-order chi connectivity index (χ0) is 24.3. The number of benzene rings is 3. The van der Waals surface area contributed by atoms with Gasteiger partial charge in [-0.05, 0) is 47.4 Å². The third-order valence-corrected chi connectivity index (χ3v) is 7.29. The van der Waals surface area contributed by atoms with Gasteiger partial charge in [-0.15, -0.1) is 0 Å². The molecule has 3 aromatic carbocycles. The molecule has 0 atom stereocenters. The number of ether oxygens (including phenoxy) is 2. The van der Waals surface area contributed by atoms with Crippen LogP contribution in [0.5, 0.6) is 11.5 Å². The van der Waals surface area contributed by atoms with Gasteiger partial charge in [-0.3, -0.25) is 9.59 Å². The number of carbonyl (C=O) groups excluding carboxylic acids is 1. The first-order valence-electron chi connectivity index (χ1n) is 10.5. The lowest BCUT2D eigenvalue weighted by Crippen LogP contribution is -2.42. The monoisotopic (exact) mass is 481 g/mol. The number of sulfonamides is 1. The van der Waals surface area contributed by atoms with Crippen molar-refractivity contribution in [2.24, 2.45) is 0 Å². The van der Waals surface area contributed by atoms with Gasteiger partial charge in [0.25, 0.3) is 15.9 Å². The molecule has 1 amide bonds. The van der Waals surface area contributed by atoms with E-state index >= 15 is 0 Å². The first-order valence-corrected chi connectivity index (χ1v) is 12.0. The van der Waals surface area contributed by atoms with Crippen LogP contribution in [0.2, 0.25) is 0 Å². The summed E-state index contributed by atoms with van der Waals surface area (Å²) in [4.78, 5) is 24.1. The van der Waals surface area contributed by atoms with E-state index in [1.165, 1.54) is 37.4 Å². The molecule has 0 bridgehead atoms. The lowest BCUT2D eigenvalue weighted by Gasteiger charge is -2.29. The van der Waals surface area contributed by atoms with Crippen LogP contribution in [0.25, 0.3) is 0 Å². The standard InChI is InChI=1S/C25H23NO7S/c1-32-22-15-21-19(14-23(22)33-16-17-6-3-2-4-7-17)10-11-26(25(21)29)34(30,31)20-9-5-8-18(12-20)13-24(27)28/h2-9,12,14-15H,10-11,13,16H2,1H3,(H,27,28). The maximum Gasteiger partial charge on any atom is 0.307 e. The number of carbonyl (C=O) groups is 2. The van der Waals surface area contributed by atoms with Crippen LogP contribution in [0.1, 0.15) is 27.0 Å². The molecule has 1 aliphatic heterocycles. The van der Waals surface area contributed by atoms with Gasteiger partial charge < -0.3 is 14.6 Å². The second kappa shape index (κ2) is 9.56. The number of hydrogen-bond acceptors (Lipinski definition) is 6. The Balaban J connectivity index is 1.61. The third kappa shape index (κ3) is 4.74. The molecule has 4 rings (SSSR count). The number of methoxy groups -OCH3 is 1. The second-order valence-corrected chi connectivity index (χ2v) is 9.65. The van der Waals surface area contributed by atoms with Gasteiger partial charge in [0.2, 0.25) is 0 Å². The summed E-state index contributed by atoms with van der Waals surface area (Å²) in [5, 5.41) is 9.00. The predicted molar refractivity (Wildman–Crippen MR) is 123 cm³/mol. The summed E-state index contributed by atoms with van der Waals surface area (Å²) in [6.07, 6.45) is -0.0100. The summed E-state index contributed by atoms with van der Waals surface area (Å²) in [5.74, 6) is -0.950. The molecule has 34 heavy (non-hydrogen) atoms. The number of aliphatic carboxylic acids is 1. The Morgan fingerprint density at radius 2 is 1.74 bits per heavy atom. The quantitative estimate of drug-likeness (QED) is 0.526. The van der Waals surface area contributed by atoms with Crippen molar-refractivity contribution >= 4 is 21.9 Å². The summed E-state index contributed by atoms with van der Waals surface area (Å²) in [7, 11) is -2.72. The molecule has 0 saturated carbocycles. The fraction of sp³-hybridized carbons (Fsp3) is 0.200. The Kier molecular flexibility index (Phi) is 6.56. The Morgan fingerprint density at radius 1 is 1.00 bits per heavy atom. The molecular formula is C25H23NO7S. The van der Waals surface area contributed by atoms with Gasteiger partial charge in [0, 0.05) is 12.1 Å². The topological polar surface area (TPSA) is 110 Å². The van der Waals surface area contributed by atoms with Crippen molar-refractivity contribution in [1.82, 2.24) is 4.31 Å². The number of hydrogen-bond donors (Lipinski definition) is 1. The van der Waals surface area contributed by atoms with Crippen LogP contribution in [-0.2, 0) is 34.3 Å². The summed E-state index contributed by atoms with van der Waals surface area (Å²) in [6, 6.07) is 18.4. The van der Waals surface area contributed by atoms with Gasteiger partial charge in [0.1, 0.15) is 6.61 Å². The highest BCUT2D eigenvalue weighted by molar-refractivity contribution is 7.89. The van der Waals surface area contributed by atoms with Crippen molar-refractivity contribution in [2.75, 3.05) is 13.7 Å². The van der Waals surface area contributed by atoms with Gasteiger partial charge in [-0.1, -0.05) is 42.5 Å². The summed E-state index contributed by atoms with van der Waals surface area (Å²) in [5.41, 5.74) is 2.20. The second-order valence-electron chi connectivity index (χ2n) is 7.78. The minimum atomic E-state index is -4.17. The predicted octanol–water partition coefficient (Wildman–Crippen LogP) is 3.29. The molecule has 0 saturated heterocycles. The lowest BCUT2D eigenvalue weighted by molar-refractivity contribution is -0.136. The highest BCUT2D eigenvalue weighted by Crippen LogP contribution is 2.35. The summed E-state index contributed by atoms with van der Waals surface area (Å²) < 4.78 is 38.6. The maximum atomic E-state index is 13.2. The number of rotatable bonds is 8. The summed E-state index contributed by atoms with van der Waals surface area (Å²) >= 11 is 0. The van der Waals surface area contributed by atoms with Gasteiger partial charge in [0.05, 0.1) is 18.4 Å². The van der Waals surface area contributed by atoms with Crippen LogP contribution in [0, 0.1) is 0 Å². The Morgan fingerprint density at radius 3 is 2.44 bits per heavy atom. The SMILES string of the molecule is COc1cc2c(cc1OCc1ccccc1)CCN(S(=O)(=O)c1cccc(CC(=O)O)c1)C2=O. The molecule has 0 aromatic heterocycles. The first kappa shape index (κ1) is 23.3. The van der Waals surface area contributed by atoms with Crippen LogP contribution < -0.4 is 9.47 Å². The van der Waals surface area contributed by atoms with Gasteiger partial charge in [-0.2, -0.15) is 0 Å². The molecule has 1 aliphatic rings. The van der Waals surface area contributed by atoms with Gasteiger partial charge >= 0.3 is 5.97 Å². The molecule has 1 N–H and O–H groups in total. The molecule has 9 heteroatoms. The number of amides is 1. The zero-order valence-corrected chi connectivity index (χ0v) is 19.2. The molecule has 0 spiro atoms. The highest BCUT2D eigenvalue weighted by atomic mass is 32.2. The fourth-order valence-electron chi connectivity index (χ4n) is 3.82. The van der Waals surface area contributed by atoms with Gasteiger partial charge in [0.15, 0.2) is 11.5 Å². The third-order valence-electron chi connectivity index (χ3n) is 5.51. The van der Waals surface area contributed by atoms with Crippen LogP contribution in [-0.4, -0.2) is 43.4 Å². The molecule has 0 radical (unpaired) electrons. The maximum absolute atomic E-state index is 13.2. The van der Waals surface area contributed by atoms with Crippen LogP contribution in [0.4, 0.5) is 0 Å². The Labute approximate surface area is 197 Å². The van der Waals surface area contributed by atoms with E-state index in [1.807, 2.05) is 30.3 Å². The normalized spacial score (nSPS) is 13.3. The van der Waals surface area contributed by atoms with E-state index < -0.39 is 21.9 Å². The van der Waals surface area contributed by atoms with Gasteiger partial charge in [-0.25, -0.2) is 12.7 Å². The summed E-state index contributed by atoms with van der Waals surface area (Å²) in [6.45, 7) is 0.277. The van der Waals surface area contributed by atoms with Crippen LogP contribution >= 0.6 is 0 Å². The molecule has 176 valence electrons. The fourth-order valence-corrected chi connectivity index (χ4v) is 5.27. The molecule has 0 unspecified atom stereocenters. The number of fused-ring (bicyclic) bond motifs is 1. The largest absolute Gasteiger partial charge is 0.493 e. The van der Waals surface area contributed by atoms with E-state index in [2.05, 4.69) is 0 Å². The average molecular weight is 482 g/mol. The van der Waals surface area contributed by atoms with E-state index in [-0.39, 0.29) is 23.4 Å². The van der Waals surface area contributed by atoms with Crippen molar-refractivity contribution < 1.29 is 32.6 Å². The van der Waals surface area contributed by atoms with Crippen LogP contribution in [0.15, 0.2) is 71.6 Å². The molecule has 8 nitrogen and oxygen atoms in total. The lowest BCUT2D eigenvalue weighted by atomic mass is 9.99. The number of carboxylic acids is 1. The van der Waals surface area contributed by atoms with Crippen molar-refractivity contribution in [3.05, 3.63) is 89.0 Å². The number of carboxylic acid groups (broad SMARTS) is 1. The first-order chi connectivity index (χ1) is 16.3. The van der Waals surface area contributed by atoms with E-state index in [4.69, 9.17) is 14.6 Å². The smallest absolute Gasteiger partial charge is 0.307 e. The molecule has 0 aliphatic carbocycles. The average Bonchev–Trinajstić information content (AvgIpc) is 2.82. The van der Waals surface area contributed by atoms with Crippen molar-refractivity contribution in [3.8, 4) is 11.5 Å². The molecule has 1 heterocycles. The van der Waals surface area contributed by atoms with E-state index in [0.29, 0.717) is 35.7 Å². The van der Waals surface area contributed by atoms with E-state index in [0.717, 1.165) is 9.87 Å². The van der Waals surface area contributed by atoms with Crippen molar-refractivity contribution in [3.63, 3.8) is 0 Å². The van der Waals surface area contributed by atoms with Crippen LogP contribution in [0.3, 0.4) is 0 Å². The van der Waals surface area contributed by atoms with E-state index in [9.17, 15) is 18.0 Å². The zero-order valence-electron chi connectivity index (χ0n) is 18.4. The highest BCUT2D eigenvalue weighted by Gasteiger charge is 2.35. The van der Waals surface area contributed by atoms with Crippen molar-refractivity contribution in [1.29, 1.82) is 0 Å². The number of nitrogens with zero attached hydrogens (tertiary/aromatic N) is 1. The minimum Gasteiger partial charge on any atom is -0.493 e. The Hall–Kier alpha value is -3.85.